The molecule has 0 aromatic heterocycles. The Hall–Kier alpha value is 0.314. The predicted octanol–water partition coefficient (Wildman–Crippen LogP) is 3.16. The molecule has 0 saturated heterocycles. The molecule has 0 aromatic carbocycles. The SMILES string of the molecule is CO[Si](CCC(C)(C)CC[SiH](C)C)(OC)OC. The molecule has 0 fully saturated rings. The van der Waals surface area contributed by atoms with Crippen molar-refractivity contribution < 1.29 is 13.3 Å². The van der Waals surface area contributed by atoms with Crippen molar-refractivity contribution in [3.63, 3.8) is 0 Å². The van der Waals surface area contributed by atoms with Crippen LogP contribution in [0.15, 0.2) is 0 Å². The first-order valence-corrected chi connectivity index (χ1v) is 11.5. The molecule has 0 rings (SSSR count). The highest BCUT2D eigenvalue weighted by atomic mass is 28.4. The van der Waals surface area contributed by atoms with Gasteiger partial charge in [0.2, 0.25) is 0 Å². The molecule has 0 aliphatic heterocycles. The van der Waals surface area contributed by atoms with E-state index in [1.54, 1.807) is 21.3 Å². The number of hydrogen-bond donors (Lipinski definition) is 0. The molecule has 0 atom stereocenters. The largest absolute Gasteiger partial charge is 0.500 e. The van der Waals surface area contributed by atoms with E-state index in [2.05, 4.69) is 26.9 Å². The molecule has 0 amide bonds. The van der Waals surface area contributed by atoms with Gasteiger partial charge in [0.25, 0.3) is 0 Å². The topological polar surface area (TPSA) is 27.7 Å². The summed E-state index contributed by atoms with van der Waals surface area (Å²) in [5.41, 5.74) is 0.366. The van der Waals surface area contributed by atoms with Gasteiger partial charge < -0.3 is 13.3 Å². The van der Waals surface area contributed by atoms with Crippen molar-refractivity contribution >= 4 is 17.6 Å². The highest BCUT2D eigenvalue weighted by Gasteiger charge is 2.39. The standard InChI is InChI=1S/C12H30O3Si2/c1-12(2,8-10-16(6)7)9-11-17(13-3,14-4)15-5/h16H,8-11H2,1-7H3. The zero-order valence-corrected chi connectivity index (χ0v) is 14.8. The Morgan fingerprint density at radius 1 is 0.941 bits per heavy atom. The Bertz CT molecular complexity index is 196. The van der Waals surface area contributed by atoms with E-state index in [1.807, 2.05) is 0 Å². The monoisotopic (exact) mass is 278 g/mol. The molecule has 0 aromatic rings. The summed E-state index contributed by atoms with van der Waals surface area (Å²) in [6.07, 6.45) is 2.41. The van der Waals surface area contributed by atoms with Gasteiger partial charge in [-0.05, 0) is 11.8 Å². The van der Waals surface area contributed by atoms with Gasteiger partial charge in [-0.2, -0.15) is 0 Å². The van der Waals surface area contributed by atoms with Crippen molar-refractivity contribution in [1.29, 1.82) is 0 Å². The Morgan fingerprint density at radius 2 is 1.41 bits per heavy atom. The fraction of sp³-hybridized carbons (Fsp3) is 1.00. The fourth-order valence-electron chi connectivity index (χ4n) is 1.85. The third-order valence-corrected chi connectivity index (χ3v) is 7.61. The molecule has 104 valence electrons. The zero-order valence-electron chi connectivity index (χ0n) is 12.6. The summed E-state index contributed by atoms with van der Waals surface area (Å²) in [5, 5.41) is 0. The molecule has 0 bridgehead atoms. The summed E-state index contributed by atoms with van der Waals surface area (Å²) in [6, 6.07) is 2.32. The molecule has 0 aliphatic carbocycles. The number of rotatable bonds is 9. The minimum absolute atomic E-state index is 0.366. The normalized spacial score (nSPS) is 13.4. The van der Waals surface area contributed by atoms with E-state index in [0.29, 0.717) is 5.41 Å². The van der Waals surface area contributed by atoms with Gasteiger partial charge in [-0.3, -0.25) is 0 Å². The van der Waals surface area contributed by atoms with Gasteiger partial charge in [0.15, 0.2) is 0 Å². The molecule has 0 spiro atoms. The van der Waals surface area contributed by atoms with Crippen molar-refractivity contribution in [1.82, 2.24) is 0 Å². The molecular formula is C12H30O3Si2. The van der Waals surface area contributed by atoms with E-state index < -0.39 is 17.6 Å². The van der Waals surface area contributed by atoms with Crippen LogP contribution in [-0.2, 0) is 13.3 Å². The summed E-state index contributed by atoms with van der Waals surface area (Å²) >= 11 is 0. The molecule has 0 unspecified atom stereocenters. The smallest absolute Gasteiger partial charge is 0.377 e. The van der Waals surface area contributed by atoms with Crippen molar-refractivity contribution in [2.45, 2.75) is 51.9 Å². The summed E-state index contributed by atoms with van der Waals surface area (Å²) in [7, 11) is 2.25. The van der Waals surface area contributed by atoms with Crippen LogP contribution in [0.4, 0.5) is 0 Å². The maximum absolute atomic E-state index is 5.46. The van der Waals surface area contributed by atoms with E-state index in [0.717, 1.165) is 12.5 Å². The van der Waals surface area contributed by atoms with Crippen LogP contribution in [0, 0.1) is 5.41 Å². The molecule has 0 heterocycles. The summed E-state index contributed by atoms with van der Waals surface area (Å²) in [5.74, 6) is 0. The molecule has 0 saturated carbocycles. The van der Waals surface area contributed by atoms with Gasteiger partial charge >= 0.3 is 8.80 Å². The zero-order chi connectivity index (χ0) is 13.5. The van der Waals surface area contributed by atoms with Gasteiger partial charge in [0.1, 0.15) is 0 Å². The van der Waals surface area contributed by atoms with E-state index in [4.69, 9.17) is 13.3 Å². The van der Waals surface area contributed by atoms with E-state index >= 15 is 0 Å². The molecular weight excluding hydrogens is 248 g/mol. The lowest BCUT2D eigenvalue weighted by molar-refractivity contribution is 0.118. The van der Waals surface area contributed by atoms with Gasteiger partial charge in [0.05, 0.1) is 0 Å². The van der Waals surface area contributed by atoms with Crippen LogP contribution in [0.3, 0.4) is 0 Å². The maximum atomic E-state index is 5.46. The Morgan fingerprint density at radius 3 is 1.76 bits per heavy atom. The molecule has 5 heteroatoms. The average molecular weight is 279 g/mol. The van der Waals surface area contributed by atoms with Crippen LogP contribution in [-0.4, -0.2) is 38.9 Å². The Kier molecular flexibility index (Phi) is 7.83. The average Bonchev–Trinajstić information content (AvgIpc) is 2.29. The molecule has 0 N–H and O–H groups in total. The summed E-state index contributed by atoms with van der Waals surface area (Å²) in [6.45, 7) is 9.50. The first-order chi connectivity index (χ1) is 7.81. The second-order valence-corrected chi connectivity index (χ2v) is 12.3. The summed E-state index contributed by atoms with van der Waals surface area (Å²) < 4.78 is 16.4. The molecule has 0 radical (unpaired) electrons. The van der Waals surface area contributed by atoms with Crippen LogP contribution >= 0.6 is 0 Å². The third kappa shape index (κ3) is 6.71. The Labute approximate surface area is 110 Å². The second kappa shape index (κ2) is 7.68. The van der Waals surface area contributed by atoms with Crippen LogP contribution < -0.4 is 0 Å². The van der Waals surface area contributed by atoms with Crippen molar-refractivity contribution in [3.05, 3.63) is 0 Å². The molecule has 0 aliphatic rings. The van der Waals surface area contributed by atoms with Gasteiger partial charge in [-0.1, -0.05) is 39.4 Å². The van der Waals surface area contributed by atoms with Crippen LogP contribution in [0.1, 0.15) is 26.7 Å². The molecule has 17 heavy (non-hydrogen) atoms. The fourth-order valence-corrected chi connectivity index (χ4v) is 5.31. The van der Waals surface area contributed by atoms with Gasteiger partial charge in [-0.15, -0.1) is 0 Å². The lowest BCUT2D eigenvalue weighted by atomic mass is 9.87. The van der Waals surface area contributed by atoms with Crippen LogP contribution in [0.2, 0.25) is 25.2 Å². The van der Waals surface area contributed by atoms with Crippen molar-refractivity contribution in [2.75, 3.05) is 21.3 Å². The maximum Gasteiger partial charge on any atom is 0.500 e. The third-order valence-electron chi connectivity index (χ3n) is 3.44. The van der Waals surface area contributed by atoms with E-state index in [-0.39, 0.29) is 0 Å². The van der Waals surface area contributed by atoms with E-state index in [9.17, 15) is 0 Å². The quantitative estimate of drug-likeness (QED) is 0.606. The predicted molar refractivity (Wildman–Crippen MR) is 78.3 cm³/mol. The van der Waals surface area contributed by atoms with Gasteiger partial charge in [-0.25, -0.2) is 0 Å². The van der Waals surface area contributed by atoms with E-state index in [1.165, 1.54) is 12.5 Å². The van der Waals surface area contributed by atoms with Crippen LogP contribution in [0.25, 0.3) is 0 Å². The first kappa shape index (κ1) is 17.3. The Balaban J connectivity index is 4.22. The lowest BCUT2D eigenvalue weighted by Crippen LogP contribution is -2.43. The summed E-state index contributed by atoms with van der Waals surface area (Å²) in [4.78, 5) is 0. The van der Waals surface area contributed by atoms with Crippen molar-refractivity contribution in [3.8, 4) is 0 Å². The molecule has 3 nitrogen and oxygen atoms in total. The first-order valence-electron chi connectivity index (χ1n) is 6.46. The number of hydrogen-bond acceptors (Lipinski definition) is 3. The van der Waals surface area contributed by atoms with Crippen LogP contribution in [0.5, 0.6) is 0 Å². The van der Waals surface area contributed by atoms with Gasteiger partial charge in [0, 0.05) is 36.2 Å². The minimum atomic E-state index is -2.37. The second-order valence-electron chi connectivity index (χ2n) is 5.89. The minimum Gasteiger partial charge on any atom is -0.377 e. The lowest BCUT2D eigenvalue weighted by Gasteiger charge is -2.30. The van der Waals surface area contributed by atoms with Crippen molar-refractivity contribution in [2.24, 2.45) is 5.41 Å². The highest BCUT2D eigenvalue weighted by molar-refractivity contribution is 6.60. The highest BCUT2D eigenvalue weighted by Crippen LogP contribution is 2.32.